The van der Waals surface area contributed by atoms with Crippen LogP contribution >= 0.6 is 11.3 Å². The van der Waals surface area contributed by atoms with Crippen molar-refractivity contribution in [1.29, 1.82) is 0 Å². The molecule has 2 N–H and O–H groups in total. The number of carboxylic acids is 1. The van der Waals surface area contributed by atoms with E-state index >= 15 is 0 Å². The molecule has 0 bridgehead atoms. The van der Waals surface area contributed by atoms with E-state index in [9.17, 15) is 9.59 Å². The van der Waals surface area contributed by atoms with Gasteiger partial charge >= 0.3 is 5.97 Å². The third kappa shape index (κ3) is 3.77. The number of nitrogens with one attached hydrogen (secondary N) is 1. The Morgan fingerprint density at radius 2 is 2.15 bits per heavy atom. The van der Waals surface area contributed by atoms with Crippen molar-refractivity contribution in [1.82, 2.24) is 4.98 Å². The minimum absolute atomic E-state index is 0.000490. The van der Waals surface area contributed by atoms with E-state index in [0.717, 1.165) is 15.2 Å². The number of hydrogen-bond acceptors (Lipinski definition) is 4. The van der Waals surface area contributed by atoms with Crippen LogP contribution in [0.3, 0.4) is 0 Å². The molecule has 0 spiro atoms. The minimum atomic E-state index is -0.883. The Morgan fingerprint density at radius 3 is 2.85 bits per heavy atom. The number of carboxylic acid groups (broad SMARTS) is 1. The van der Waals surface area contributed by atoms with Crippen LogP contribution in [-0.4, -0.2) is 22.0 Å². The maximum Gasteiger partial charge on any atom is 0.303 e. The number of fused-ring (bicyclic) bond motifs is 1. The summed E-state index contributed by atoms with van der Waals surface area (Å²) in [6, 6.07) is 5.57. The van der Waals surface area contributed by atoms with E-state index in [1.807, 2.05) is 19.1 Å². The second-order valence-corrected chi connectivity index (χ2v) is 6.11. The van der Waals surface area contributed by atoms with Crippen LogP contribution in [0.25, 0.3) is 10.2 Å². The van der Waals surface area contributed by atoms with E-state index in [1.54, 1.807) is 24.3 Å². The highest BCUT2D eigenvalue weighted by Crippen LogP contribution is 2.25. The van der Waals surface area contributed by atoms with E-state index in [0.29, 0.717) is 5.69 Å². The number of nitrogens with zero attached hydrogens (tertiary/aromatic N) is 1. The monoisotopic (exact) mass is 292 g/mol. The molecule has 1 aromatic carbocycles. The lowest BCUT2D eigenvalue weighted by Crippen LogP contribution is -2.16. The predicted octanol–water partition coefficient (Wildman–Crippen LogP) is 3.04. The molecule has 0 aliphatic rings. The van der Waals surface area contributed by atoms with Gasteiger partial charge in [0, 0.05) is 18.5 Å². The third-order valence-corrected chi connectivity index (χ3v) is 3.77. The van der Waals surface area contributed by atoms with Gasteiger partial charge in [-0.1, -0.05) is 6.92 Å². The number of amides is 1. The Morgan fingerprint density at radius 1 is 1.40 bits per heavy atom. The average Bonchev–Trinajstić information content (AvgIpc) is 2.66. The van der Waals surface area contributed by atoms with Crippen LogP contribution in [0.2, 0.25) is 0 Å². The summed E-state index contributed by atoms with van der Waals surface area (Å²) in [6.07, 6.45) is 0.201. The molecular weight excluding hydrogens is 276 g/mol. The molecule has 0 aliphatic carbocycles. The van der Waals surface area contributed by atoms with E-state index in [2.05, 4.69) is 10.3 Å². The van der Waals surface area contributed by atoms with Crippen molar-refractivity contribution in [2.45, 2.75) is 26.7 Å². The molecular formula is C14H16N2O3S. The lowest BCUT2D eigenvalue weighted by atomic mass is 10.0. The molecule has 0 fully saturated rings. The molecule has 0 saturated heterocycles. The van der Waals surface area contributed by atoms with Crippen molar-refractivity contribution < 1.29 is 14.7 Å². The number of rotatable bonds is 5. The smallest absolute Gasteiger partial charge is 0.303 e. The molecule has 1 heterocycles. The van der Waals surface area contributed by atoms with Gasteiger partial charge in [0.2, 0.25) is 5.91 Å². The van der Waals surface area contributed by atoms with E-state index < -0.39 is 5.97 Å². The van der Waals surface area contributed by atoms with Crippen LogP contribution in [0, 0.1) is 12.8 Å². The van der Waals surface area contributed by atoms with Crippen molar-refractivity contribution >= 4 is 39.1 Å². The molecule has 0 saturated carbocycles. The SMILES string of the molecule is Cc1nc2ccc(NC(=O)CC(C)CC(=O)O)cc2s1. The van der Waals surface area contributed by atoms with Crippen molar-refractivity contribution in [3.05, 3.63) is 23.2 Å². The fourth-order valence-electron chi connectivity index (χ4n) is 2.02. The number of aromatic nitrogens is 1. The number of benzene rings is 1. The number of thiazole rings is 1. The summed E-state index contributed by atoms with van der Waals surface area (Å²) < 4.78 is 1.03. The van der Waals surface area contributed by atoms with Crippen molar-refractivity contribution in [3.63, 3.8) is 0 Å². The second-order valence-electron chi connectivity index (χ2n) is 4.87. The van der Waals surface area contributed by atoms with Gasteiger partial charge in [-0.05, 0) is 31.0 Å². The molecule has 6 heteroatoms. The van der Waals surface area contributed by atoms with Gasteiger partial charge in [-0.25, -0.2) is 4.98 Å². The zero-order valence-electron chi connectivity index (χ0n) is 11.3. The number of anilines is 1. The summed E-state index contributed by atoms with van der Waals surface area (Å²) in [4.78, 5) is 26.7. The Balaban J connectivity index is 2.00. The summed E-state index contributed by atoms with van der Waals surface area (Å²) in [7, 11) is 0. The first kappa shape index (κ1) is 14.5. The number of aliphatic carboxylic acids is 1. The van der Waals surface area contributed by atoms with Gasteiger partial charge in [0.25, 0.3) is 0 Å². The first-order valence-electron chi connectivity index (χ1n) is 6.33. The Kier molecular flexibility index (Phi) is 4.34. The van der Waals surface area contributed by atoms with Gasteiger partial charge in [-0.15, -0.1) is 11.3 Å². The van der Waals surface area contributed by atoms with Gasteiger partial charge in [-0.3, -0.25) is 9.59 Å². The number of aryl methyl sites for hydroxylation is 1. The Hall–Kier alpha value is -1.95. The van der Waals surface area contributed by atoms with Gasteiger partial charge < -0.3 is 10.4 Å². The van der Waals surface area contributed by atoms with Crippen LogP contribution in [0.15, 0.2) is 18.2 Å². The Labute approximate surface area is 120 Å². The first-order valence-corrected chi connectivity index (χ1v) is 7.14. The summed E-state index contributed by atoms with van der Waals surface area (Å²) in [5, 5.41) is 12.4. The molecule has 0 aliphatic heterocycles. The zero-order valence-corrected chi connectivity index (χ0v) is 12.2. The largest absolute Gasteiger partial charge is 0.481 e. The highest BCUT2D eigenvalue weighted by Gasteiger charge is 2.13. The molecule has 20 heavy (non-hydrogen) atoms. The molecule has 0 radical (unpaired) electrons. The average molecular weight is 292 g/mol. The lowest BCUT2D eigenvalue weighted by molar-refractivity contribution is -0.138. The van der Waals surface area contributed by atoms with Crippen LogP contribution < -0.4 is 5.32 Å². The van der Waals surface area contributed by atoms with Crippen LogP contribution in [0.5, 0.6) is 0 Å². The maximum absolute atomic E-state index is 11.8. The molecule has 1 aromatic heterocycles. The second kappa shape index (κ2) is 6.00. The number of carbonyl (C=O) groups excluding carboxylic acids is 1. The first-order chi connectivity index (χ1) is 9.44. The molecule has 5 nitrogen and oxygen atoms in total. The van der Waals surface area contributed by atoms with Crippen LogP contribution in [0.4, 0.5) is 5.69 Å². The van der Waals surface area contributed by atoms with Crippen molar-refractivity contribution in [2.24, 2.45) is 5.92 Å². The highest BCUT2D eigenvalue weighted by atomic mass is 32.1. The number of hydrogen-bond donors (Lipinski definition) is 2. The van der Waals surface area contributed by atoms with Crippen molar-refractivity contribution in [2.75, 3.05) is 5.32 Å². The van der Waals surface area contributed by atoms with E-state index in [4.69, 9.17) is 5.11 Å². The normalized spacial score (nSPS) is 12.3. The predicted molar refractivity (Wildman–Crippen MR) is 79.0 cm³/mol. The Bertz CT molecular complexity index is 651. The van der Waals surface area contributed by atoms with Gasteiger partial charge in [0.05, 0.1) is 15.2 Å². The standard InChI is InChI=1S/C14H16N2O3S/c1-8(6-14(18)19)5-13(17)16-10-3-4-11-12(7-10)20-9(2)15-11/h3-4,7-8H,5-6H2,1-2H3,(H,16,17)(H,18,19). The van der Waals surface area contributed by atoms with Crippen molar-refractivity contribution in [3.8, 4) is 0 Å². The molecule has 106 valence electrons. The topological polar surface area (TPSA) is 79.3 Å². The van der Waals surface area contributed by atoms with Gasteiger partial charge in [-0.2, -0.15) is 0 Å². The van der Waals surface area contributed by atoms with E-state index in [1.165, 1.54) is 0 Å². The molecule has 1 amide bonds. The summed E-state index contributed by atoms with van der Waals surface area (Å²) in [5.74, 6) is -1.23. The quantitative estimate of drug-likeness (QED) is 0.887. The molecule has 1 atom stereocenters. The van der Waals surface area contributed by atoms with Gasteiger partial charge in [0.1, 0.15) is 0 Å². The highest BCUT2D eigenvalue weighted by molar-refractivity contribution is 7.18. The molecule has 1 unspecified atom stereocenters. The van der Waals surface area contributed by atoms with Crippen LogP contribution in [0.1, 0.15) is 24.8 Å². The molecule has 2 rings (SSSR count). The third-order valence-electron chi connectivity index (χ3n) is 2.84. The molecule has 2 aromatic rings. The lowest BCUT2D eigenvalue weighted by Gasteiger charge is -2.09. The van der Waals surface area contributed by atoms with Gasteiger partial charge in [0.15, 0.2) is 0 Å². The zero-order chi connectivity index (χ0) is 14.7. The summed E-state index contributed by atoms with van der Waals surface area (Å²) >= 11 is 1.58. The summed E-state index contributed by atoms with van der Waals surface area (Å²) in [6.45, 7) is 3.69. The van der Waals surface area contributed by atoms with E-state index in [-0.39, 0.29) is 24.7 Å². The number of carbonyl (C=O) groups is 2. The fourth-order valence-corrected chi connectivity index (χ4v) is 2.88. The van der Waals surface area contributed by atoms with Crippen LogP contribution in [-0.2, 0) is 9.59 Å². The fraction of sp³-hybridized carbons (Fsp3) is 0.357. The maximum atomic E-state index is 11.8. The minimum Gasteiger partial charge on any atom is -0.481 e. The summed E-state index contributed by atoms with van der Waals surface area (Å²) in [5.41, 5.74) is 1.64.